The van der Waals surface area contributed by atoms with Crippen molar-refractivity contribution in [1.82, 2.24) is 4.72 Å². The Morgan fingerprint density at radius 3 is 2.58 bits per heavy atom. The van der Waals surface area contributed by atoms with Crippen molar-refractivity contribution >= 4 is 61.1 Å². The zero-order valence-electron chi connectivity index (χ0n) is 18.8. The van der Waals surface area contributed by atoms with Gasteiger partial charge in [-0.2, -0.15) is 0 Å². The van der Waals surface area contributed by atoms with Crippen LogP contribution >= 0.6 is 11.6 Å². The Morgan fingerprint density at radius 2 is 1.83 bits per heavy atom. The van der Waals surface area contributed by atoms with Crippen molar-refractivity contribution in [3.63, 3.8) is 0 Å². The SMILES string of the molecule is COc1cc2c(cc1NC(=O)COC(=O)CCNS(=O)(=O)c1ccc(F)c(Cl)c1)oc1ccccc12. The molecule has 36 heavy (non-hydrogen) atoms. The molecule has 0 aliphatic rings. The van der Waals surface area contributed by atoms with Gasteiger partial charge in [-0.05, 0) is 30.3 Å². The van der Waals surface area contributed by atoms with E-state index in [0.29, 0.717) is 22.6 Å². The number of benzene rings is 3. The van der Waals surface area contributed by atoms with Crippen LogP contribution in [0.1, 0.15) is 6.42 Å². The minimum atomic E-state index is -4.01. The number of fused-ring (bicyclic) bond motifs is 3. The van der Waals surface area contributed by atoms with E-state index in [2.05, 4.69) is 10.0 Å². The quantitative estimate of drug-likeness (QED) is 0.308. The minimum Gasteiger partial charge on any atom is -0.495 e. The van der Waals surface area contributed by atoms with E-state index in [9.17, 15) is 22.4 Å². The molecule has 9 nitrogen and oxygen atoms in total. The van der Waals surface area contributed by atoms with E-state index >= 15 is 0 Å². The lowest BCUT2D eigenvalue weighted by molar-refractivity contribution is -0.147. The average Bonchev–Trinajstić information content (AvgIpc) is 3.21. The molecule has 188 valence electrons. The first-order valence-corrected chi connectivity index (χ1v) is 12.4. The van der Waals surface area contributed by atoms with Crippen molar-refractivity contribution in [2.24, 2.45) is 0 Å². The Labute approximate surface area is 210 Å². The molecule has 0 spiro atoms. The fraction of sp³-hybridized carbons (Fsp3) is 0.167. The summed E-state index contributed by atoms with van der Waals surface area (Å²) in [4.78, 5) is 24.1. The molecule has 1 heterocycles. The predicted molar refractivity (Wildman–Crippen MR) is 131 cm³/mol. The maximum atomic E-state index is 13.2. The van der Waals surface area contributed by atoms with Gasteiger partial charge in [0.25, 0.3) is 5.91 Å². The van der Waals surface area contributed by atoms with Gasteiger partial charge in [0.05, 0.1) is 29.1 Å². The lowest BCUT2D eigenvalue weighted by atomic mass is 10.1. The molecule has 0 aliphatic heterocycles. The first kappa shape index (κ1) is 25.4. The van der Waals surface area contributed by atoms with Crippen LogP contribution in [0.15, 0.2) is 63.9 Å². The molecule has 2 N–H and O–H groups in total. The van der Waals surface area contributed by atoms with Gasteiger partial charge in [0.1, 0.15) is 22.7 Å². The second kappa shape index (κ2) is 10.5. The second-order valence-corrected chi connectivity index (χ2v) is 9.75. The number of hydrogen-bond donors (Lipinski definition) is 2. The van der Waals surface area contributed by atoms with Crippen LogP contribution in [-0.4, -0.2) is 40.6 Å². The van der Waals surface area contributed by atoms with Gasteiger partial charge in [-0.1, -0.05) is 29.8 Å². The van der Waals surface area contributed by atoms with E-state index in [1.807, 2.05) is 24.3 Å². The molecule has 3 aromatic carbocycles. The Kier molecular flexibility index (Phi) is 7.43. The largest absolute Gasteiger partial charge is 0.495 e. The monoisotopic (exact) mass is 534 g/mol. The van der Waals surface area contributed by atoms with Crippen LogP contribution in [0.3, 0.4) is 0 Å². The number of ether oxygens (including phenoxy) is 2. The van der Waals surface area contributed by atoms with Gasteiger partial charge in [-0.3, -0.25) is 9.59 Å². The maximum Gasteiger partial charge on any atom is 0.307 e. The Bertz CT molecular complexity index is 1570. The molecule has 0 unspecified atom stereocenters. The maximum absolute atomic E-state index is 13.2. The van der Waals surface area contributed by atoms with E-state index in [1.165, 1.54) is 7.11 Å². The number of sulfonamides is 1. The highest BCUT2D eigenvalue weighted by Gasteiger charge is 2.18. The summed E-state index contributed by atoms with van der Waals surface area (Å²) in [5.41, 5.74) is 1.56. The lowest BCUT2D eigenvalue weighted by Gasteiger charge is -2.11. The van der Waals surface area contributed by atoms with Crippen LogP contribution < -0.4 is 14.8 Å². The van der Waals surface area contributed by atoms with E-state index < -0.39 is 34.3 Å². The summed E-state index contributed by atoms with van der Waals surface area (Å²) in [6.45, 7) is -0.894. The summed E-state index contributed by atoms with van der Waals surface area (Å²) in [6.07, 6.45) is -0.338. The van der Waals surface area contributed by atoms with Gasteiger partial charge in [0.15, 0.2) is 6.61 Å². The third kappa shape index (κ3) is 5.59. The highest BCUT2D eigenvalue weighted by Crippen LogP contribution is 2.36. The van der Waals surface area contributed by atoms with E-state index in [4.69, 9.17) is 25.5 Å². The van der Waals surface area contributed by atoms with Crippen LogP contribution in [0.25, 0.3) is 21.9 Å². The van der Waals surface area contributed by atoms with Crippen molar-refractivity contribution in [3.05, 3.63) is 65.4 Å². The number of furan rings is 1. The Morgan fingerprint density at radius 1 is 1.06 bits per heavy atom. The molecule has 0 aliphatic carbocycles. The third-order valence-electron chi connectivity index (χ3n) is 5.16. The van der Waals surface area contributed by atoms with Gasteiger partial charge in [-0.15, -0.1) is 0 Å². The van der Waals surface area contributed by atoms with Crippen LogP contribution in [0, 0.1) is 5.82 Å². The normalized spacial score (nSPS) is 11.5. The zero-order valence-corrected chi connectivity index (χ0v) is 20.4. The molecule has 0 fully saturated rings. The van der Waals surface area contributed by atoms with E-state index in [1.54, 1.807) is 12.1 Å². The molecule has 0 radical (unpaired) electrons. The molecule has 0 saturated heterocycles. The van der Waals surface area contributed by atoms with Crippen LogP contribution in [0.4, 0.5) is 10.1 Å². The van der Waals surface area contributed by atoms with Gasteiger partial charge in [-0.25, -0.2) is 17.5 Å². The van der Waals surface area contributed by atoms with Gasteiger partial charge >= 0.3 is 5.97 Å². The summed E-state index contributed by atoms with van der Waals surface area (Å²) in [7, 11) is -2.56. The zero-order chi connectivity index (χ0) is 25.9. The summed E-state index contributed by atoms with van der Waals surface area (Å²) < 4.78 is 56.0. The first-order valence-electron chi connectivity index (χ1n) is 10.6. The predicted octanol–water partition coefficient (Wildman–Crippen LogP) is 4.24. The number of anilines is 1. The number of hydrogen-bond acceptors (Lipinski definition) is 7. The molecule has 0 bridgehead atoms. The number of carbonyl (C=O) groups is 2. The molecule has 0 atom stereocenters. The third-order valence-corrected chi connectivity index (χ3v) is 6.91. The Hall–Kier alpha value is -3.67. The molecule has 0 saturated carbocycles. The molecule has 1 amide bonds. The number of rotatable bonds is 9. The van der Waals surface area contributed by atoms with Crippen LogP contribution in [0.2, 0.25) is 5.02 Å². The molecular formula is C24H20ClFN2O7S. The highest BCUT2D eigenvalue weighted by atomic mass is 35.5. The molecule has 12 heteroatoms. The molecular weight excluding hydrogens is 515 g/mol. The minimum absolute atomic E-state index is 0.253. The number of esters is 1. The average molecular weight is 535 g/mol. The van der Waals surface area contributed by atoms with Gasteiger partial charge in [0.2, 0.25) is 10.0 Å². The van der Waals surface area contributed by atoms with Crippen molar-refractivity contribution in [1.29, 1.82) is 0 Å². The topological polar surface area (TPSA) is 124 Å². The van der Waals surface area contributed by atoms with Crippen LogP contribution in [0.5, 0.6) is 5.75 Å². The van der Waals surface area contributed by atoms with Crippen molar-refractivity contribution in [2.45, 2.75) is 11.3 Å². The van der Waals surface area contributed by atoms with Gasteiger partial charge in [0, 0.05) is 23.4 Å². The lowest BCUT2D eigenvalue weighted by Crippen LogP contribution is -2.28. The fourth-order valence-corrected chi connectivity index (χ4v) is 4.74. The van der Waals surface area contributed by atoms with Crippen LogP contribution in [-0.2, 0) is 24.3 Å². The number of carbonyl (C=O) groups excluding carboxylic acids is 2. The van der Waals surface area contributed by atoms with E-state index in [-0.39, 0.29) is 22.9 Å². The smallest absolute Gasteiger partial charge is 0.307 e. The summed E-state index contributed by atoms with van der Waals surface area (Å²) in [6, 6.07) is 13.8. The van der Waals surface area contributed by atoms with Gasteiger partial charge < -0.3 is 19.2 Å². The molecule has 4 rings (SSSR count). The first-order chi connectivity index (χ1) is 17.2. The number of amides is 1. The van der Waals surface area contributed by atoms with Crippen molar-refractivity contribution in [3.8, 4) is 5.75 Å². The standard InChI is InChI=1S/C24H20ClFN2O7S/c1-33-22-11-16-15-4-2-3-5-20(15)35-21(16)12-19(22)28-23(29)13-34-24(30)8-9-27-36(31,32)14-6-7-18(26)17(25)10-14/h2-7,10-12,27H,8-9,13H2,1H3,(H,28,29). The number of halogens is 2. The fourth-order valence-electron chi connectivity index (χ4n) is 3.44. The number of para-hydroxylation sites is 1. The summed E-state index contributed by atoms with van der Waals surface area (Å²) in [5.74, 6) is -1.79. The summed E-state index contributed by atoms with van der Waals surface area (Å²) >= 11 is 5.61. The van der Waals surface area contributed by atoms with Crippen molar-refractivity contribution in [2.75, 3.05) is 25.6 Å². The van der Waals surface area contributed by atoms with E-state index in [0.717, 1.165) is 29.0 Å². The summed E-state index contributed by atoms with van der Waals surface area (Å²) in [5, 5.41) is 3.98. The molecule has 4 aromatic rings. The number of methoxy groups -OCH3 is 1. The molecule has 1 aromatic heterocycles. The Balaban J connectivity index is 1.31. The second-order valence-electron chi connectivity index (χ2n) is 7.58. The highest BCUT2D eigenvalue weighted by molar-refractivity contribution is 7.89. The number of nitrogens with one attached hydrogen (secondary N) is 2. The van der Waals surface area contributed by atoms with Crippen molar-refractivity contribution < 1.29 is 36.3 Å².